The fourth-order valence-electron chi connectivity index (χ4n) is 2.42. The largest absolute Gasteiger partial charge is 0.466 e. The summed E-state index contributed by atoms with van der Waals surface area (Å²) in [5.41, 5.74) is 8.33. The Morgan fingerprint density at radius 1 is 1.38 bits per heavy atom. The van der Waals surface area contributed by atoms with Gasteiger partial charge in [-0.3, -0.25) is 14.6 Å². The van der Waals surface area contributed by atoms with Gasteiger partial charge in [-0.1, -0.05) is 12.1 Å². The number of ether oxygens (including phenoxy) is 1. The summed E-state index contributed by atoms with van der Waals surface area (Å²) < 4.78 is 4.87. The topological polar surface area (TPSA) is 122 Å². The molecular weight excluding hydrogens is 334 g/mol. The number of nitrogens with two attached hydrogens (primary N) is 1. The van der Waals surface area contributed by atoms with Crippen molar-refractivity contribution < 1.29 is 9.53 Å². The third-order valence-electron chi connectivity index (χ3n) is 3.61. The van der Waals surface area contributed by atoms with E-state index >= 15 is 0 Å². The fourth-order valence-corrected chi connectivity index (χ4v) is 2.42. The molecule has 1 heterocycles. The van der Waals surface area contributed by atoms with Crippen LogP contribution in [-0.4, -0.2) is 28.5 Å². The molecule has 0 atom stereocenters. The van der Waals surface area contributed by atoms with Crippen LogP contribution in [0.4, 0.5) is 11.6 Å². The summed E-state index contributed by atoms with van der Waals surface area (Å²) in [6.45, 7) is 5.71. The van der Waals surface area contributed by atoms with Crippen LogP contribution in [0.25, 0.3) is 0 Å². The van der Waals surface area contributed by atoms with Crippen molar-refractivity contribution >= 4 is 23.6 Å². The first-order chi connectivity index (χ1) is 12.4. The first-order valence-electron chi connectivity index (χ1n) is 8.32. The van der Waals surface area contributed by atoms with Gasteiger partial charge in [0.15, 0.2) is 0 Å². The summed E-state index contributed by atoms with van der Waals surface area (Å²) in [4.78, 5) is 34.6. The second-order valence-electron chi connectivity index (χ2n) is 5.75. The Hall–Kier alpha value is -3.16. The van der Waals surface area contributed by atoms with Crippen LogP contribution in [0.2, 0.25) is 0 Å². The van der Waals surface area contributed by atoms with Gasteiger partial charge in [-0.2, -0.15) is 4.99 Å². The van der Waals surface area contributed by atoms with Crippen molar-refractivity contribution in [3.05, 3.63) is 51.4 Å². The molecule has 0 aliphatic rings. The van der Waals surface area contributed by atoms with Crippen molar-refractivity contribution in [3.63, 3.8) is 0 Å². The number of aromatic nitrogens is 2. The standard InChI is InChI=1S/C18H23N5O3/c1-4-26-15(24)9-8-14-12(3)20-18(22-16(14)25)23-17(19)21-13-7-5-6-11(2)10-13/h5-7,10H,4,8-9H2,1-3H3,(H4,19,20,21,22,23,25). The number of carbonyl (C=O) groups is 1. The second-order valence-corrected chi connectivity index (χ2v) is 5.75. The summed E-state index contributed by atoms with van der Waals surface area (Å²) in [5, 5.41) is 2.94. The monoisotopic (exact) mass is 357 g/mol. The van der Waals surface area contributed by atoms with Gasteiger partial charge in [-0.15, -0.1) is 0 Å². The Labute approximate surface area is 151 Å². The lowest BCUT2D eigenvalue weighted by molar-refractivity contribution is -0.143. The van der Waals surface area contributed by atoms with Crippen molar-refractivity contribution in [1.82, 2.24) is 9.97 Å². The minimum atomic E-state index is -0.347. The Morgan fingerprint density at radius 3 is 2.81 bits per heavy atom. The normalized spacial score (nSPS) is 11.3. The van der Waals surface area contributed by atoms with E-state index in [-0.39, 0.29) is 36.3 Å². The number of esters is 1. The number of guanidine groups is 1. The summed E-state index contributed by atoms with van der Waals surface area (Å²) >= 11 is 0. The minimum absolute atomic E-state index is 0.102. The summed E-state index contributed by atoms with van der Waals surface area (Å²) in [7, 11) is 0. The molecule has 0 radical (unpaired) electrons. The van der Waals surface area contributed by atoms with Gasteiger partial charge in [0.25, 0.3) is 5.56 Å². The van der Waals surface area contributed by atoms with E-state index in [2.05, 4.69) is 20.3 Å². The molecule has 0 fully saturated rings. The van der Waals surface area contributed by atoms with E-state index in [4.69, 9.17) is 10.5 Å². The maximum absolute atomic E-state index is 12.2. The maximum atomic E-state index is 12.2. The molecule has 1 aromatic carbocycles. The predicted octanol–water partition coefficient (Wildman–Crippen LogP) is 1.94. The van der Waals surface area contributed by atoms with E-state index in [1.54, 1.807) is 13.8 Å². The minimum Gasteiger partial charge on any atom is -0.466 e. The number of anilines is 1. The zero-order valence-electron chi connectivity index (χ0n) is 15.1. The van der Waals surface area contributed by atoms with Crippen molar-refractivity contribution in [3.8, 4) is 0 Å². The average Bonchev–Trinajstić information content (AvgIpc) is 2.54. The predicted molar refractivity (Wildman–Crippen MR) is 101 cm³/mol. The van der Waals surface area contributed by atoms with Gasteiger partial charge in [-0.05, 0) is 44.9 Å². The number of aromatic amines is 1. The zero-order valence-corrected chi connectivity index (χ0v) is 15.1. The second kappa shape index (κ2) is 8.80. The quantitative estimate of drug-likeness (QED) is 0.412. The SMILES string of the molecule is CCOC(=O)CCc1c(C)nc(/N=C(\N)Nc2cccc(C)c2)[nH]c1=O. The molecule has 0 unspecified atom stereocenters. The lowest BCUT2D eigenvalue weighted by atomic mass is 10.1. The molecule has 8 heteroatoms. The highest BCUT2D eigenvalue weighted by molar-refractivity contribution is 5.93. The van der Waals surface area contributed by atoms with Crippen LogP contribution in [0.1, 0.15) is 30.2 Å². The Morgan fingerprint density at radius 2 is 2.15 bits per heavy atom. The van der Waals surface area contributed by atoms with E-state index in [1.807, 2.05) is 31.2 Å². The number of H-pyrrole nitrogens is 1. The molecule has 26 heavy (non-hydrogen) atoms. The van der Waals surface area contributed by atoms with Crippen LogP contribution in [0.3, 0.4) is 0 Å². The van der Waals surface area contributed by atoms with E-state index in [0.29, 0.717) is 17.9 Å². The molecule has 2 aromatic rings. The zero-order chi connectivity index (χ0) is 19.1. The van der Waals surface area contributed by atoms with Gasteiger partial charge in [0.1, 0.15) is 0 Å². The van der Waals surface area contributed by atoms with E-state index in [9.17, 15) is 9.59 Å². The van der Waals surface area contributed by atoms with Gasteiger partial charge in [-0.25, -0.2) is 4.98 Å². The van der Waals surface area contributed by atoms with Crippen molar-refractivity contribution in [2.45, 2.75) is 33.6 Å². The lowest BCUT2D eigenvalue weighted by Crippen LogP contribution is -2.23. The van der Waals surface area contributed by atoms with E-state index in [0.717, 1.165) is 11.3 Å². The third kappa shape index (κ3) is 5.44. The maximum Gasteiger partial charge on any atom is 0.306 e. The molecule has 0 aliphatic carbocycles. The molecule has 0 spiro atoms. The summed E-state index contributed by atoms with van der Waals surface area (Å²) in [6, 6.07) is 7.64. The first kappa shape index (κ1) is 19.2. The van der Waals surface area contributed by atoms with Gasteiger partial charge < -0.3 is 15.8 Å². The number of nitrogens with one attached hydrogen (secondary N) is 2. The van der Waals surface area contributed by atoms with Gasteiger partial charge >= 0.3 is 5.97 Å². The number of carbonyl (C=O) groups excluding carboxylic acids is 1. The smallest absolute Gasteiger partial charge is 0.306 e. The third-order valence-corrected chi connectivity index (χ3v) is 3.61. The Kier molecular flexibility index (Phi) is 6.48. The molecular formula is C18H23N5O3. The van der Waals surface area contributed by atoms with Crippen molar-refractivity contribution in [2.24, 2.45) is 10.7 Å². The first-order valence-corrected chi connectivity index (χ1v) is 8.32. The molecule has 8 nitrogen and oxygen atoms in total. The molecule has 2 rings (SSSR count). The van der Waals surface area contributed by atoms with Crippen LogP contribution >= 0.6 is 0 Å². The molecule has 1 aromatic heterocycles. The highest BCUT2D eigenvalue weighted by atomic mass is 16.5. The fraction of sp³-hybridized carbons (Fsp3) is 0.333. The van der Waals surface area contributed by atoms with Gasteiger partial charge in [0, 0.05) is 17.7 Å². The van der Waals surface area contributed by atoms with Crippen LogP contribution in [0.15, 0.2) is 34.1 Å². The van der Waals surface area contributed by atoms with Crippen LogP contribution in [-0.2, 0) is 16.0 Å². The van der Waals surface area contributed by atoms with Crippen LogP contribution < -0.4 is 16.6 Å². The molecule has 0 saturated carbocycles. The molecule has 0 aliphatic heterocycles. The number of aryl methyl sites for hydroxylation is 2. The summed E-state index contributed by atoms with van der Waals surface area (Å²) in [6.07, 6.45) is 0.382. The number of aliphatic imine (C=N–C) groups is 1. The van der Waals surface area contributed by atoms with Crippen LogP contribution in [0.5, 0.6) is 0 Å². The molecule has 0 saturated heterocycles. The summed E-state index contributed by atoms with van der Waals surface area (Å²) in [5.74, 6) is -0.137. The van der Waals surface area contributed by atoms with Crippen molar-refractivity contribution in [1.29, 1.82) is 0 Å². The van der Waals surface area contributed by atoms with Gasteiger partial charge in [0.2, 0.25) is 11.9 Å². The van der Waals surface area contributed by atoms with Crippen LogP contribution in [0, 0.1) is 13.8 Å². The molecule has 0 bridgehead atoms. The molecule has 138 valence electrons. The molecule has 4 N–H and O–H groups in total. The highest BCUT2D eigenvalue weighted by Gasteiger charge is 2.11. The Bertz CT molecular complexity index is 873. The lowest BCUT2D eigenvalue weighted by Gasteiger charge is -2.07. The number of hydrogen-bond acceptors (Lipinski definition) is 5. The Balaban J connectivity index is 2.13. The average molecular weight is 357 g/mol. The molecule has 0 amide bonds. The number of benzene rings is 1. The highest BCUT2D eigenvalue weighted by Crippen LogP contribution is 2.11. The number of hydrogen-bond donors (Lipinski definition) is 3. The van der Waals surface area contributed by atoms with E-state index < -0.39 is 0 Å². The van der Waals surface area contributed by atoms with E-state index in [1.165, 1.54) is 0 Å². The number of nitrogens with zero attached hydrogens (tertiary/aromatic N) is 2. The van der Waals surface area contributed by atoms with Crippen molar-refractivity contribution in [2.75, 3.05) is 11.9 Å². The number of rotatable bonds is 6. The van der Waals surface area contributed by atoms with Gasteiger partial charge in [0.05, 0.1) is 12.3 Å².